The third kappa shape index (κ3) is 2.91. The molecule has 2 bridgehead atoms. The number of fused-ring (bicyclic) bond motifs is 2. The SMILES string of the molecule is CCNc1nc(C2CC3CCC2O3)nc(C(C)(C)C)c1I. The Morgan fingerprint density at radius 2 is 2.05 bits per heavy atom. The van der Waals surface area contributed by atoms with E-state index in [9.17, 15) is 0 Å². The van der Waals surface area contributed by atoms with Gasteiger partial charge < -0.3 is 10.1 Å². The van der Waals surface area contributed by atoms with Crippen LogP contribution >= 0.6 is 22.6 Å². The van der Waals surface area contributed by atoms with Crippen LogP contribution in [0.2, 0.25) is 0 Å². The van der Waals surface area contributed by atoms with Crippen LogP contribution < -0.4 is 5.32 Å². The van der Waals surface area contributed by atoms with Crippen LogP contribution in [-0.4, -0.2) is 28.7 Å². The van der Waals surface area contributed by atoms with Crippen molar-refractivity contribution < 1.29 is 4.74 Å². The van der Waals surface area contributed by atoms with E-state index >= 15 is 0 Å². The van der Waals surface area contributed by atoms with Crippen LogP contribution in [0.15, 0.2) is 0 Å². The molecule has 3 unspecified atom stereocenters. The monoisotopic (exact) mass is 401 g/mol. The standard InChI is InChI=1S/C16H24IN3O/c1-5-18-15-12(17)13(16(2,3)4)19-14(20-15)10-8-9-6-7-11(10)21-9/h9-11H,5-8H2,1-4H3,(H,18,19,20). The Hall–Kier alpha value is -0.430. The van der Waals surface area contributed by atoms with Gasteiger partial charge in [-0.05, 0) is 48.8 Å². The lowest BCUT2D eigenvalue weighted by atomic mass is 9.87. The molecule has 0 saturated carbocycles. The fourth-order valence-corrected chi connectivity index (χ4v) is 4.56. The number of ether oxygens (including phenoxy) is 1. The Morgan fingerprint density at radius 1 is 1.29 bits per heavy atom. The smallest absolute Gasteiger partial charge is 0.143 e. The quantitative estimate of drug-likeness (QED) is 0.782. The topological polar surface area (TPSA) is 47.0 Å². The second-order valence-corrected chi connectivity index (χ2v) is 8.17. The van der Waals surface area contributed by atoms with Crippen molar-refractivity contribution in [2.24, 2.45) is 0 Å². The molecule has 1 aromatic rings. The number of nitrogens with one attached hydrogen (secondary N) is 1. The van der Waals surface area contributed by atoms with Crippen LogP contribution in [0.3, 0.4) is 0 Å². The molecule has 3 rings (SSSR count). The van der Waals surface area contributed by atoms with Gasteiger partial charge in [-0.15, -0.1) is 0 Å². The molecule has 0 radical (unpaired) electrons. The van der Waals surface area contributed by atoms with Gasteiger partial charge in [0.25, 0.3) is 0 Å². The lowest BCUT2D eigenvalue weighted by molar-refractivity contribution is 0.0998. The number of nitrogens with zero attached hydrogens (tertiary/aromatic N) is 2. The summed E-state index contributed by atoms with van der Waals surface area (Å²) in [6.45, 7) is 9.63. The average molecular weight is 401 g/mol. The highest BCUT2D eigenvalue weighted by Crippen LogP contribution is 2.44. The van der Waals surface area contributed by atoms with E-state index in [0.717, 1.165) is 40.3 Å². The summed E-state index contributed by atoms with van der Waals surface area (Å²) < 4.78 is 7.14. The molecule has 4 nitrogen and oxygen atoms in total. The highest BCUT2D eigenvalue weighted by Gasteiger charge is 2.43. The van der Waals surface area contributed by atoms with Crippen molar-refractivity contribution in [2.45, 2.75) is 70.5 Å². The molecule has 116 valence electrons. The largest absolute Gasteiger partial charge is 0.374 e. The van der Waals surface area contributed by atoms with Crippen molar-refractivity contribution in [1.82, 2.24) is 9.97 Å². The van der Waals surface area contributed by atoms with E-state index in [0.29, 0.717) is 18.1 Å². The van der Waals surface area contributed by atoms with Crippen molar-refractivity contribution >= 4 is 28.4 Å². The molecule has 0 spiro atoms. The van der Waals surface area contributed by atoms with E-state index in [2.05, 4.69) is 55.6 Å². The predicted octanol–water partition coefficient (Wildman–Crippen LogP) is 3.85. The highest BCUT2D eigenvalue weighted by molar-refractivity contribution is 14.1. The average Bonchev–Trinajstić information content (AvgIpc) is 3.02. The second-order valence-electron chi connectivity index (χ2n) is 7.09. The first-order valence-corrected chi connectivity index (χ1v) is 8.95. The number of aromatic nitrogens is 2. The maximum atomic E-state index is 5.99. The Kier molecular flexibility index (Phi) is 4.16. The number of rotatable bonds is 3. The maximum Gasteiger partial charge on any atom is 0.143 e. The van der Waals surface area contributed by atoms with Gasteiger partial charge in [-0.1, -0.05) is 20.8 Å². The van der Waals surface area contributed by atoms with Crippen molar-refractivity contribution in [2.75, 3.05) is 11.9 Å². The third-order valence-corrected chi connectivity index (χ3v) is 5.38. The van der Waals surface area contributed by atoms with E-state index in [1.165, 1.54) is 6.42 Å². The number of halogens is 1. The summed E-state index contributed by atoms with van der Waals surface area (Å²) >= 11 is 2.37. The summed E-state index contributed by atoms with van der Waals surface area (Å²) in [5.41, 5.74) is 1.17. The molecule has 2 saturated heterocycles. The van der Waals surface area contributed by atoms with E-state index in [4.69, 9.17) is 14.7 Å². The number of hydrogen-bond donors (Lipinski definition) is 1. The molecular weight excluding hydrogens is 377 g/mol. The van der Waals surface area contributed by atoms with Gasteiger partial charge >= 0.3 is 0 Å². The molecule has 2 aliphatic heterocycles. The fraction of sp³-hybridized carbons (Fsp3) is 0.750. The first-order chi connectivity index (χ1) is 9.90. The number of anilines is 1. The normalized spacial score (nSPS) is 28.1. The minimum absolute atomic E-state index is 0.0247. The zero-order chi connectivity index (χ0) is 15.2. The molecule has 0 aromatic carbocycles. The van der Waals surface area contributed by atoms with E-state index in [1.54, 1.807) is 0 Å². The molecule has 21 heavy (non-hydrogen) atoms. The first-order valence-electron chi connectivity index (χ1n) is 7.87. The molecule has 1 aromatic heterocycles. The number of hydrogen-bond acceptors (Lipinski definition) is 4. The molecule has 2 aliphatic rings. The van der Waals surface area contributed by atoms with Gasteiger partial charge in [0.15, 0.2) is 0 Å². The van der Waals surface area contributed by atoms with Gasteiger partial charge in [0, 0.05) is 17.9 Å². The fourth-order valence-electron chi connectivity index (χ4n) is 3.32. The van der Waals surface area contributed by atoms with Crippen LogP contribution in [0.1, 0.15) is 64.4 Å². The second kappa shape index (κ2) is 5.65. The Morgan fingerprint density at radius 3 is 2.57 bits per heavy atom. The van der Waals surface area contributed by atoms with Crippen molar-refractivity contribution in [1.29, 1.82) is 0 Å². The van der Waals surface area contributed by atoms with E-state index < -0.39 is 0 Å². The summed E-state index contributed by atoms with van der Waals surface area (Å²) in [7, 11) is 0. The van der Waals surface area contributed by atoms with Crippen LogP contribution in [0, 0.1) is 3.57 Å². The lowest BCUT2D eigenvalue weighted by Gasteiger charge is -2.25. The van der Waals surface area contributed by atoms with Crippen LogP contribution in [0.4, 0.5) is 5.82 Å². The van der Waals surface area contributed by atoms with Crippen molar-refractivity contribution in [3.63, 3.8) is 0 Å². The molecular formula is C16H24IN3O. The molecule has 3 heterocycles. The Labute approximate surface area is 140 Å². The van der Waals surface area contributed by atoms with Gasteiger partial charge in [0.2, 0.25) is 0 Å². The Balaban J connectivity index is 2.02. The summed E-state index contributed by atoms with van der Waals surface area (Å²) in [5, 5.41) is 3.40. The summed E-state index contributed by atoms with van der Waals surface area (Å²) in [4.78, 5) is 9.78. The highest BCUT2D eigenvalue weighted by atomic mass is 127. The van der Waals surface area contributed by atoms with E-state index in [-0.39, 0.29) is 5.41 Å². The van der Waals surface area contributed by atoms with E-state index in [1.807, 2.05) is 0 Å². The summed E-state index contributed by atoms with van der Waals surface area (Å²) in [5.74, 6) is 2.33. The van der Waals surface area contributed by atoms with Crippen molar-refractivity contribution in [3.05, 3.63) is 15.1 Å². The predicted molar refractivity (Wildman–Crippen MR) is 92.9 cm³/mol. The van der Waals surface area contributed by atoms with Crippen molar-refractivity contribution in [3.8, 4) is 0 Å². The Bertz CT molecular complexity index is 541. The van der Waals surface area contributed by atoms with Gasteiger partial charge in [-0.3, -0.25) is 0 Å². The molecule has 0 aliphatic carbocycles. The lowest BCUT2D eigenvalue weighted by Crippen LogP contribution is -2.24. The summed E-state index contributed by atoms with van der Waals surface area (Å²) in [6.07, 6.45) is 4.21. The maximum absolute atomic E-state index is 5.99. The zero-order valence-electron chi connectivity index (χ0n) is 13.2. The summed E-state index contributed by atoms with van der Waals surface area (Å²) in [6, 6.07) is 0. The van der Waals surface area contributed by atoms with Gasteiger partial charge in [-0.25, -0.2) is 9.97 Å². The van der Waals surface area contributed by atoms with Gasteiger partial charge in [0.05, 0.1) is 21.5 Å². The molecule has 1 N–H and O–H groups in total. The first kappa shape index (κ1) is 15.5. The van der Waals surface area contributed by atoms with Crippen LogP contribution in [0.5, 0.6) is 0 Å². The van der Waals surface area contributed by atoms with Gasteiger partial charge in [0.1, 0.15) is 11.6 Å². The molecule has 3 atom stereocenters. The molecule has 5 heteroatoms. The zero-order valence-corrected chi connectivity index (χ0v) is 15.4. The van der Waals surface area contributed by atoms with Crippen LogP contribution in [-0.2, 0) is 10.2 Å². The van der Waals surface area contributed by atoms with Gasteiger partial charge in [-0.2, -0.15) is 0 Å². The van der Waals surface area contributed by atoms with Crippen LogP contribution in [0.25, 0.3) is 0 Å². The minimum atomic E-state index is 0.0247. The minimum Gasteiger partial charge on any atom is -0.374 e. The molecule has 2 fully saturated rings. The third-order valence-electron chi connectivity index (χ3n) is 4.36. The molecule has 0 amide bonds.